The van der Waals surface area contributed by atoms with E-state index in [4.69, 9.17) is 5.73 Å². The molecule has 0 radical (unpaired) electrons. The van der Waals surface area contributed by atoms with Crippen LogP contribution in [0.25, 0.3) is 0 Å². The van der Waals surface area contributed by atoms with Crippen LogP contribution >= 0.6 is 0 Å². The molecule has 0 aliphatic carbocycles. The molecule has 0 atom stereocenters. The SMILES string of the molecule is NCCn1cnc(C(=O)NCCn2cccc2)c1. The maximum absolute atomic E-state index is 11.8. The van der Waals surface area contributed by atoms with Gasteiger partial charge in [0.05, 0.1) is 6.33 Å². The molecule has 2 heterocycles. The van der Waals surface area contributed by atoms with Crippen molar-refractivity contribution in [3.63, 3.8) is 0 Å². The fraction of sp³-hybridized carbons (Fsp3) is 0.333. The first-order chi connectivity index (χ1) is 8.79. The second kappa shape index (κ2) is 6.02. The molecule has 6 heteroatoms. The highest BCUT2D eigenvalue weighted by molar-refractivity contribution is 5.91. The summed E-state index contributed by atoms with van der Waals surface area (Å²) in [6, 6.07) is 3.91. The van der Waals surface area contributed by atoms with Gasteiger partial charge in [0.2, 0.25) is 0 Å². The summed E-state index contributed by atoms with van der Waals surface area (Å²) >= 11 is 0. The average Bonchev–Trinajstić information content (AvgIpc) is 3.00. The van der Waals surface area contributed by atoms with Crippen molar-refractivity contribution in [2.75, 3.05) is 13.1 Å². The summed E-state index contributed by atoms with van der Waals surface area (Å²) in [5, 5.41) is 2.83. The van der Waals surface area contributed by atoms with Crippen LogP contribution in [0.5, 0.6) is 0 Å². The summed E-state index contributed by atoms with van der Waals surface area (Å²) in [5.74, 6) is -0.155. The summed E-state index contributed by atoms with van der Waals surface area (Å²) in [6.07, 6.45) is 7.25. The van der Waals surface area contributed by atoms with E-state index in [-0.39, 0.29) is 5.91 Å². The molecule has 0 unspecified atom stereocenters. The standard InChI is InChI=1S/C12H17N5O/c13-3-7-17-9-11(15-10-17)12(18)14-4-8-16-5-1-2-6-16/h1-2,5-6,9-10H,3-4,7-8,13H2,(H,14,18). The first kappa shape index (κ1) is 12.4. The number of nitrogens with two attached hydrogens (primary N) is 1. The predicted molar refractivity (Wildman–Crippen MR) is 68.0 cm³/mol. The van der Waals surface area contributed by atoms with E-state index in [0.717, 1.165) is 6.54 Å². The Labute approximate surface area is 105 Å². The van der Waals surface area contributed by atoms with Crippen molar-refractivity contribution < 1.29 is 4.79 Å². The van der Waals surface area contributed by atoms with Gasteiger partial charge in [-0.2, -0.15) is 0 Å². The van der Waals surface area contributed by atoms with Crippen molar-refractivity contribution in [3.8, 4) is 0 Å². The summed E-state index contributed by atoms with van der Waals surface area (Å²) in [7, 11) is 0. The topological polar surface area (TPSA) is 77.9 Å². The number of nitrogens with one attached hydrogen (secondary N) is 1. The van der Waals surface area contributed by atoms with E-state index < -0.39 is 0 Å². The molecule has 18 heavy (non-hydrogen) atoms. The largest absolute Gasteiger partial charge is 0.353 e. The number of aromatic nitrogens is 3. The fourth-order valence-corrected chi connectivity index (χ4v) is 1.66. The van der Waals surface area contributed by atoms with Crippen LogP contribution in [0.3, 0.4) is 0 Å². The third-order valence-electron chi connectivity index (χ3n) is 2.57. The van der Waals surface area contributed by atoms with Crippen LogP contribution in [0.15, 0.2) is 37.1 Å². The minimum atomic E-state index is -0.155. The van der Waals surface area contributed by atoms with E-state index in [9.17, 15) is 4.79 Å². The summed E-state index contributed by atoms with van der Waals surface area (Å²) in [4.78, 5) is 15.8. The predicted octanol–water partition coefficient (Wildman–Crippen LogP) is 0.0733. The highest BCUT2D eigenvalue weighted by Crippen LogP contribution is 1.96. The zero-order valence-electron chi connectivity index (χ0n) is 10.1. The molecule has 6 nitrogen and oxygen atoms in total. The molecule has 0 bridgehead atoms. The molecule has 3 N–H and O–H groups in total. The molecule has 0 aliphatic rings. The maximum atomic E-state index is 11.8. The van der Waals surface area contributed by atoms with Crippen LogP contribution < -0.4 is 11.1 Å². The van der Waals surface area contributed by atoms with Gasteiger partial charge in [-0.25, -0.2) is 4.98 Å². The Hall–Kier alpha value is -2.08. The lowest BCUT2D eigenvalue weighted by Gasteiger charge is -2.04. The van der Waals surface area contributed by atoms with Crippen LogP contribution in [0.1, 0.15) is 10.5 Å². The molecule has 0 saturated carbocycles. The number of hydrogen-bond donors (Lipinski definition) is 2. The number of imidazole rings is 1. The number of carbonyl (C=O) groups excluding carboxylic acids is 1. The van der Waals surface area contributed by atoms with Gasteiger partial charge in [-0.1, -0.05) is 0 Å². The molecule has 2 aromatic rings. The minimum absolute atomic E-state index is 0.155. The van der Waals surface area contributed by atoms with E-state index in [1.165, 1.54) is 0 Å². The number of rotatable bonds is 6. The van der Waals surface area contributed by atoms with Crippen LogP contribution in [-0.4, -0.2) is 33.1 Å². The highest BCUT2D eigenvalue weighted by atomic mass is 16.1. The molecule has 0 aromatic carbocycles. The van der Waals surface area contributed by atoms with E-state index in [1.807, 2.05) is 29.1 Å². The van der Waals surface area contributed by atoms with Crippen molar-refractivity contribution >= 4 is 5.91 Å². The average molecular weight is 247 g/mol. The molecule has 2 aromatic heterocycles. The van der Waals surface area contributed by atoms with Gasteiger partial charge in [-0.3, -0.25) is 4.79 Å². The summed E-state index contributed by atoms with van der Waals surface area (Å²) in [5.41, 5.74) is 5.86. The second-order valence-electron chi connectivity index (χ2n) is 3.96. The van der Waals surface area contributed by atoms with Crippen LogP contribution in [-0.2, 0) is 13.1 Å². The lowest BCUT2D eigenvalue weighted by atomic mass is 10.4. The zero-order valence-corrected chi connectivity index (χ0v) is 10.1. The molecule has 0 aliphatic heterocycles. The Morgan fingerprint density at radius 3 is 2.78 bits per heavy atom. The van der Waals surface area contributed by atoms with E-state index in [1.54, 1.807) is 17.1 Å². The third-order valence-corrected chi connectivity index (χ3v) is 2.57. The Kier molecular flexibility index (Phi) is 4.14. The van der Waals surface area contributed by atoms with Crippen molar-refractivity contribution in [2.24, 2.45) is 5.73 Å². The lowest BCUT2D eigenvalue weighted by molar-refractivity contribution is 0.0947. The first-order valence-electron chi connectivity index (χ1n) is 5.90. The number of nitrogens with zero attached hydrogens (tertiary/aromatic N) is 3. The van der Waals surface area contributed by atoms with Crippen molar-refractivity contribution in [3.05, 3.63) is 42.7 Å². The Morgan fingerprint density at radius 2 is 2.06 bits per heavy atom. The van der Waals surface area contributed by atoms with Crippen molar-refractivity contribution in [2.45, 2.75) is 13.1 Å². The molecule has 0 spiro atoms. The number of carbonyl (C=O) groups is 1. The smallest absolute Gasteiger partial charge is 0.271 e. The Bertz CT molecular complexity index is 488. The molecule has 0 saturated heterocycles. The molecular formula is C12H17N5O. The number of hydrogen-bond acceptors (Lipinski definition) is 3. The molecular weight excluding hydrogens is 230 g/mol. The van der Waals surface area contributed by atoms with E-state index >= 15 is 0 Å². The second-order valence-corrected chi connectivity index (χ2v) is 3.96. The van der Waals surface area contributed by atoms with Crippen molar-refractivity contribution in [1.29, 1.82) is 0 Å². The molecule has 2 rings (SSSR count). The Balaban J connectivity index is 1.80. The lowest BCUT2D eigenvalue weighted by Crippen LogP contribution is -2.27. The quantitative estimate of drug-likeness (QED) is 0.758. The van der Waals surface area contributed by atoms with Crippen LogP contribution in [0.2, 0.25) is 0 Å². The van der Waals surface area contributed by atoms with Gasteiger partial charge in [-0.15, -0.1) is 0 Å². The maximum Gasteiger partial charge on any atom is 0.271 e. The molecule has 96 valence electrons. The van der Waals surface area contributed by atoms with Gasteiger partial charge in [0.25, 0.3) is 5.91 Å². The first-order valence-corrected chi connectivity index (χ1v) is 5.90. The van der Waals surface area contributed by atoms with Crippen molar-refractivity contribution in [1.82, 2.24) is 19.4 Å². The van der Waals surface area contributed by atoms with Crippen LogP contribution in [0, 0.1) is 0 Å². The summed E-state index contributed by atoms with van der Waals surface area (Å²) < 4.78 is 3.81. The van der Waals surface area contributed by atoms with Gasteiger partial charge in [0, 0.05) is 44.8 Å². The fourth-order valence-electron chi connectivity index (χ4n) is 1.66. The van der Waals surface area contributed by atoms with Gasteiger partial charge in [-0.05, 0) is 12.1 Å². The monoisotopic (exact) mass is 247 g/mol. The highest BCUT2D eigenvalue weighted by Gasteiger charge is 2.08. The number of amides is 1. The normalized spacial score (nSPS) is 10.5. The summed E-state index contributed by atoms with van der Waals surface area (Å²) in [6.45, 7) is 2.54. The molecule has 0 fully saturated rings. The van der Waals surface area contributed by atoms with Gasteiger partial charge in [0.1, 0.15) is 5.69 Å². The van der Waals surface area contributed by atoms with Gasteiger partial charge < -0.3 is 20.2 Å². The zero-order chi connectivity index (χ0) is 12.8. The van der Waals surface area contributed by atoms with E-state index in [2.05, 4.69) is 10.3 Å². The third kappa shape index (κ3) is 3.21. The minimum Gasteiger partial charge on any atom is -0.353 e. The van der Waals surface area contributed by atoms with Gasteiger partial charge in [0.15, 0.2) is 0 Å². The Morgan fingerprint density at radius 1 is 1.28 bits per heavy atom. The molecule has 1 amide bonds. The van der Waals surface area contributed by atoms with E-state index in [0.29, 0.717) is 25.3 Å². The van der Waals surface area contributed by atoms with Gasteiger partial charge >= 0.3 is 0 Å². The van der Waals surface area contributed by atoms with Crippen LogP contribution in [0.4, 0.5) is 0 Å².